The minimum Gasteiger partial charge on any atom is -0.386 e. The van der Waals surface area contributed by atoms with Crippen molar-refractivity contribution in [3.8, 4) is 0 Å². The molecule has 4 rings (SSSR count). The van der Waals surface area contributed by atoms with E-state index >= 15 is 0 Å². The van der Waals surface area contributed by atoms with Crippen LogP contribution in [0.3, 0.4) is 0 Å². The molecule has 0 unspecified atom stereocenters. The van der Waals surface area contributed by atoms with Gasteiger partial charge in [0.25, 0.3) is 5.69 Å². The van der Waals surface area contributed by atoms with E-state index in [-0.39, 0.29) is 11.3 Å². The van der Waals surface area contributed by atoms with Crippen molar-refractivity contribution >= 4 is 34.6 Å². The average Bonchev–Trinajstić information content (AvgIpc) is 3.08. The van der Waals surface area contributed by atoms with Gasteiger partial charge in [0.1, 0.15) is 6.10 Å². The second-order valence-electron chi connectivity index (χ2n) is 6.95. The van der Waals surface area contributed by atoms with Crippen molar-refractivity contribution in [3.63, 3.8) is 0 Å². The fourth-order valence-corrected chi connectivity index (χ4v) is 4.29. The van der Waals surface area contributed by atoms with Crippen LogP contribution >= 0.6 is 23.2 Å². The Morgan fingerprint density at radius 3 is 2.21 bits per heavy atom. The van der Waals surface area contributed by atoms with Crippen molar-refractivity contribution in [2.24, 2.45) is 0 Å². The zero-order chi connectivity index (χ0) is 20.5. The first kappa shape index (κ1) is 19.7. The number of aliphatic hydroxyl groups is 1. The van der Waals surface area contributed by atoms with Gasteiger partial charge in [-0.1, -0.05) is 60.7 Å². The van der Waals surface area contributed by atoms with Crippen molar-refractivity contribution in [1.82, 2.24) is 0 Å². The van der Waals surface area contributed by atoms with Gasteiger partial charge in [-0.25, -0.2) is 0 Å². The molecule has 29 heavy (non-hydrogen) atoms. The minimum absolute atomic E-state index is 0.126. The third-order valence-electron chi connectivity index (χ3n) is 5.17. The predicted octanol–water partition coefficient (Wildman–Crippen LogP) is 6.06. The van der Waals surface area contributed by atoms with Gasteiger partial charge in [0.05, 0.1) is 27.3 Å². The predicted molar refractivity (Wildman–Crippen MR) is 114 cm³/mol. The molecule has 0 saturated heterocycles. The summed E-state index contributed by atoms with van der Waals surface area (Å²) in [5, 5.41) is 24.3. The topological polar surface area (TPSA) is 75.4 Å². The number of alkyl halides is 2. The summed E-state index contributed by atoms with van der Waals surface area (Å²) >= 11 is 13.2. The summed E-state index contributed by atoms with van der Waals surface area (Å²) in [5.41, 5.74) is 2.92. The summed E-state index contributed by atoms with van der Waals surface area (Å²) < 4.78 is 0. The van der Waals surface area contributed by atoms with E-state index in [1.54, 1.807) is 6.07 Å². The lowest BCUT2D eigenvalue weighted by molar-refractivity contribution is -0.385. The summed E-state index contributed by atoms with van der Waals surface area (Å²) in [4.78, 5) is 11.3. The van der Waals surface area contributed by atoms with Crippen LogP contribution in [0.15, 0.2) is 72.8 Å². The van der Waals surface area contributed by atoms with Crippen LogP contribution in [0.25, 0.3) is 0 Å². The lowest BCUT2D eigenvalue weighted by atomic mass is 9.95. The van der Waals surface area contributed by atoms with E-state index in [1.165, 1.54) is 6.07 Å². The molecule has 0 amide bonds. The first-order valence-corrected chi connectivity index (χ1v) is 9.99. The maximum atomic E-state index is 11.7. The second kappa shape index (κ2) is 8.03. The largest absolute Gasteiger partial charge is 0.386 e. The van der Waals surface area contributed by atoms with E-state index in [0.717, 1.165) is 11.1 Å². The summed E-state index contributed by atoms with van der Waals surface area (Å²) in [7, 11) is 0. The van der Waals surface area contributed by atoms with Crippen molar-refractivity contribution in [3.05, 3.63) is 105 Å². The standard InChI is InChI=1S/C22H18Cl2N2O3/c23-19(13-7-3-1-4-8-13)20(24)16-11-15-17(12-18(16)26(28)29)25-21(22(15)27)14-9-5-2-6-10-14/h1-12,19-22,25,27H/t19-,20+,21+,22+/m1/s1. The normalized spacial score (nSPS) is 19.8. The third kappa shape index (κ3) is 3.69. The van der Waals surface area contributed by atoms with Crippen molar-refractivity contribution in [2.75, 3.05) is 5.32 Å². The number of nitrogens with zero attached hydrogens (tertiary/aromatic N) is 1. The van der Waals surface area contributed by atoms with Gasteiger partial charge < -0.3 is 10.4 Å². The Balaban J connectivity index is 1.74. The number of halogens is 2. The van der Waals surface area contributed by atoms with E-state index in [4.69, 9.17) is 23.2 Å². The Hall–Kier alpha value is -2.60. The van der Waals surface area contributed by atoms with E-state index in [9.17, 15) is 15.2 Å². The molecule has 4 atom stereocenters. The van der Waals surface area contributed by atoms with Crippen LogP contribution in [0.5, 0.6) is 0 Å². The molecule has 0 fully saturated rings. The Morgan fingerprint density at radius 2 is 1.59 bits per heavy atom. The van der Waals surface area contributed by atoms with Gasteiger partial charge in [-0.15, -0.1) is 23.2 Å². The Labute approximate surface area is 178 Å². The fraction of sp³-hybridized carbons (Fsp3) is 0.182. The van der Waals surface area contributed by atoms with Gasteiger partial charge >= 0.3 is 0 Å². The zero-order valence-corrected chi connectivity index (χ0v) is 16.7. The van der Waals surface area contributed by atoms with Crippen molar-refractivity contribution in [2.45, 2.75) is 22.9 Å². The number of hydrogen-bond acceptors (Lipinski definition) is 4. The molecular weight excluding hydrogens is 411 g/mol. The Morgan fingerprint density at radius 1 is 0.966 bits per heavy atom. The molecule has 5 nitrogen and oxygen atoms in total. The number of nitrogens with one attached hydrogen (secondary N) is 1. The Kier molecular flexibility index (Phi) is 5.46. The molecule has 0 bridgehead atoms. The number of fused-ring (bicyclic) bond motifs is 1. The number of rotatable bonds is 5. The third-order valence-corrected chi connectivity index (χ3v) is 6.29. The molecule has 0 aromatic heterocycles. The number of nitro groups is 1. The molecule has 0 radical (unpaired) electrons. The van der Waals surface area contributed by atoms with Gasteiger partial charge in [-0.2, -0.15) is 0 Å². The summed E-state index contributed by atoms with van der Waals surface area (Å²) in [6.45, 7) is 0. The van der Waals surface area contributed by atoms with Crippen LogP contribution in [0.4, 0.5) is 11.4 Å². The number of aliphatic hydroxyl groups excluding tert-OH is 1. The van der Waals surface area contributed by atoms with Crippen molar-refractivity contribution in [1.29, 1.82) is 0 Å². The van der Waals surface area contributed by atoms with Crippen molar-refractivity contribution < 1.29 is 10.0 Å². The maximum Gasteiger partial charge on any atom is 0.276 e. The van der Waals surface area contributed by atoms with E-state index in [1.807, 2.05) is 60.7 Å². The van der Waals surface area contributed by atoms with Crippen LogP contribution in [-0.4, -0.2) is 10.0 Å². The molecular formula is C22H18Cl2N2O3. The van der Waals surface area contributed by atoms with Crippen LogP contribution in [0.2, 0.25) is 0 Å². The summed E-state index contributed by atoms with van der Waals surface area (Å²) in [5.74, 6) is 0. The molecule has 3 aromatic rings. The average molecular weight is 429 g/mol. The van der Waals surface area contributed by atoms with E-state index in [0.29, 0.717) is 11.3 Å². The van der Waals surface area contributed by atoms with Crippen LogP contribution in [-0.2, 0) is 0 Å². The smallest absolute Gasteiger partial charge is 0.276 e. The number of nitro benzene ring substituents is 1. The first-order chi connectivity index (χ1) is 14.0. The highest BCUT2D eigenvalue weighted by molar-refractivity contribution is 6.30. The van der Waals surface area contributed by atoms with Gasteiger partial charge in [-0.3, -0.25) is 10.1 Å². The second-order valence-corrected chi connectivity index (χ2v) is 7.89. The molecule has 1 aliphatic rings. The molecule has 2 N–H and O–H groups in total. The quantitative estimate of drug-likeness (QED) is 0.294. The highest BCUT2D eigenvalue weighted by Crippen LogP contribution is 2.49. The molecule has 0 aliphatic carbocycles. The minimum atomic E-state index is -0.860. The van der Waals surface area contributed by atoms with Crippen LogP contribution in [0.1, 0.15) is 45.2 Å². The monoisotopic (exact) mass is 428 g/mol. The first-order valence-electron chi connectivity index (χ1n) is 9.12. The molecule has 0 spiro atoms. The summed E-state index contributed by atoms with van der Waals surface area (Å²) in [6, 6.07) is 21.3. The summed E-state index contributed by atoms with van der Waals surface area (Å²) in [6.07, 6.45) is -0.860. The highest BCUT2D eigenvalue weighted by atomic mass is 35.5. The Bertz CT molecular complexity index is 1030. The highest BCUT2D eigenvalue weighted by Gasteiger charge is 2.36. The van der Waals surface area contributed by atoms with Gasteiger partial charge in [0.2, 0.25) is 0 Å². The maximum absolute atomic E-state index is 11.7. The van der Waals surface area contributed by atoms with Crippen LogP contribution < -0.4 is 5.32 Å². The lowest BCUT2D eigenvalue weighted by Gasteiger charge is -2.18. The van der Waals surface area contributed by atoms with Gasteiger partial charge in [-0.05, 0) is 17.2 Å². The van der Waals surface area contributed by atoms with E-state index in [2.05, 4.69) is 5.32 Å². The van der Waals surface area contributed by atoms with Gasteiger partial charge in [0.15, 0.2) is 0 Å². The number of benzene rings is 3. The molecule has 1 heterocycles. The molecule has 3 aromatic carbocycles. The fourth-order valence-electron chi connectivity index (χ4n) is 3.69. The molecule has 0 saturated carbocycles. The SMILES string of the molecule is O=[N+]([O-])c1cc2c(cc1[C@H](Cl)[C@H](Cl)c1ccccc1)[C@H](O)[C@H](c1ccccc1)N2. The zero-order valence-electron chi connectivity index (χ0n) is 15.2. The molecule has 7 heteroatoms. The molecule has 148 valence electrons. The van der Waals surface area contributed by atoms with Gasteiger partial charge in [0, 0.05) is 17.3 Å². The van der Waals surface area contributed by atoms with E-state index < -0.39 is 27.8 Å². The van der Waals surface area contributed by atoms with Crippen LogP contribution in [0, 0.1) is 10.1 Å². The molecule has 1 aliphatic heterocycles. The lowest BCUT2D eigenvalue weighted by Crippen LogP contribution is -2.10. The number of anilines is 1. The number of hydrogen-bond donors (Lipinski definition) is 2.